The molecule has 6 aliphatic rings. The molecule has 8 rings (SSSR count). The van der Waals surface area contributed by atoms with E-state index in [1.807, 2.05) is 47.8 Å². The highest BCUT2D eigenvalue weighted by molar-refractivity contribution is 8.00. The summed E-state index contributed by atoms with van der Waals surface area (Å²) in [5, 5.41) is 94.4. The fourth-order valence-electron chi connectivity index (χ4n) is 14.7. The first kappa shape index (κ1) is 97.1. The molecule has 6 fully saturated rings. The van der Waals surface area contributed by atoms with Gasteiger partial charge in [0.15, 0.2) is 5.11 Å². The van der Waals surface area contributed by atoms with E-state index in [0.717, 1.165) is 54.7 Å². The van der Waals surface area contributed by atoms with Crippen molar-refractivity contribution in [3.63, 3.8) is 0 Å². The molecule has 6 heterocycles. The highest BCUT2D eigenvalue weighted by Gasteiger charge is 2.44. The minimum atomic E-state index is -1.04. The Labute approximate surface area is 688 Å². The van der Waals surface area contributed by atoms with Crippen LogP contribution in [0.2, 0.25) is 0 Å². The summed E-state index contributed by atoms with van der Waals surface area (Å²) in [5.41, 5.74) is 10.6. The van der Waals surface area contributed by atoms with Crippen LogP contribution in [-0.2, 0) is 60.8 Å². The van der Waals surface area contributed by atoms with Crippen LogP contribution in [0.1, 0.15) is 82.8 Å². The van der Waals surface area contributed by atoms with Crippen LogP contribution in [0.25, 0.3) is 0 Å². The van der Waals surface area contributed by atoms with Gasteiger partial charge in [-0.05, 0) is 123 Å². The van der Waals surface area contributed by atoms with Crippen LogP contribution < -0.4 is 48.7 Å². The van der Waals surface area contributed by atoms with Crippen molar-refractivity contribution < 1.29 is 98.4 Å². The molecule has 0 bridgehead atoms. The number of hydrazine groups is 2. The molecule has 2 aromatic rings. The average Bonchev–Trinajstić information content (AvgIpc) is 1.67. The number of urea groups is 2. The number of rotatable bonds is 32. The van der Waals surface area contributed by atoms with Gasteiger partial charge >= 0.3 is 59.8 Å². The molecule has 0 spiro atoms. The van der Waals surface area contributed by atoms with E-state index in [4.69, 9.17) is 18.1 Å². The normalized spacial score (nSPS) is 21.7. The standard InChI is InChI=1S/C36H55N9O10S2.C26H37N5O8S.C10H18N4O2S.CH4/c46-29(5-2-1-4-28-34-27(23-57-28)38-35(55)39-34)40-41-36(56)37-26-8-6-24(7-9-26)16-25-17-44(21-32(51)52)14-12-42(19-30(47)48)10-3-11-43(20-31(49)50)13-15-45(18-25)22-33(53)54;32-23(33)15-28-6-1-7-29(16-24(34)35)9-11-31(18-26(38)39)14-21(13-30(10-8-28)17-25(36)37)12-20-2-4-22(5-3-20)27-19-40;11-14-8(15)4-2-1-3-7-9-6(5-17-7)12-10(16)13-9;/h6-9,25,27-28,34H,1-5,10-23H2,(H,40,46)(H,47,48)(H,49,50)(H,51,52)(H,53,54)(H2,37,41,56)(H2,38,39,55);2-5,21H,1,6-18H2,(H,32,33)(H,34,35)(H,36,37)(H,38,39);6-7,9H,1-5,11H2,(H,14,15)(H2,12,13,16);1H4. The fraction of sp³-hybridized carbons (Fsp3) is 0.644. The Morgan fingerprint density at radius 2 is 0.774 bits per heavy atom. The summed E-state index contributed by atoms with van der Waals surface area (Å²) in [5.74, 6) is -2.04. The molecule has 42 heteroatoms. The van der Waals surface area contributed by atoms with Crippen molar-refractivity contribution in [2.24, 2.45) is 22.7 Å². The second-order valence-electron chi connectivity index (χ2n) is 29.0. The van der Waals surface area contributed by atoms with E-state index in [1.54, 1.807) is 63.5 Å². The van der Waals surface area contributed by atoms with Crippen molar-refractivity contribution in [3.8, 4) is 0 Å². The van der Waals surface area contributed by atoms with E-state index in [1.165, 1.54) is 0 Å². The van der Waals surface area contributed by atoms with E-state index in [2.05, 4.69) is 65.2 Å². The van der Waals surface area contributed by atoms with Gasteiger partial charge < -0.3 is 67.4 Å². The number of aliphatic imine (C=N–C) groups is 1. The lowest BCUT2D eigenvalue weighted by Gasteiger charge is -2.34. The van der Waals surface area contributed by atoms with Crippen molar-refractivity contribution in [2.75, 3.05) is 174 Å². The molecule has 18 N–H and O–H groups in total. The Kier molecular flexibility index (Phi) is 44.1. The van der Waals surface area contributed by atoms with Crippen LogP contribution in [0.4, 0.5) is 21.0 Å². The first-order valence-corrected chi connectivity index (χ1v) is 40.9. The maximum Gasteiger partial charge on any atom is 0.317 e. The number of nitrogens with two attached hydrogens (primary N) is 1. The molecule has 6 unspecified atom stereocenters. The first-order chi connectivity index (χ1) is 54.4. The van der Waals surface area contributed by atoms with E-state index >= 15 is 0 Å². The van der Waals surface area contributed by atoms with Crippen LogP contribution >= 0.6 is 48.0 Å². The maximum absolute atomic E-state index is 12.4. The number of nitrogens with one attached hydrogen (secondary N) is 8. The van der Waals surface area contributed by atoms with Gasteiger partial charge in [0.25, 0.3) is 0 Å². The Hall–Kier alpha value is -8.49. The molecule has 38 nitrogen and oxygen atoms in total. The third kappa shape index (κ3) is 39.3. The summed E-state index contributed by atoms with van der Waals surface area (Å²) in [4.78, 5) is 157. The zero-order valence-corrected chi connectivity index (χ0v) is 67.1. The van der Waals surface area contributed by atoms with Crippen molar-refractivity contribution in [2.45, 2.75) is 119 Å². The molecular weight excluding hydrogens is 1580 g/mol. The van der Waals surface area contributed by atoms with E-state index in [0.29, 0.717) is 132 Å². The second kappa shape index (κ2) is 52.3. The van der Waals surface area contributed by atoms with Crippen molar-refractivity contribution in [3.05, 3.63) is 59.7 Å². The fourth-order valence-corrected chi connectivity index (χ4v) is 18.0. The number of isothiocyanates is 1. The zero-order chi connectivity index (χ0) is 83.1. The van der Waals surface area contributed by atoms with E-state index in [-0.39, 0.29) is 164 Å². The number of carboxylic acid groups (broad SMARTS) is 8. The number of hydrogen-bond acceptors (Lipinski definition) is 26. The number of carbonyl (C=O) groups excluding carboxylic acids is 4. The Bertz CT molecular complexity index is 3460. The van der Waals surface area contributed by atoms with Crippen molar-refractivity contribution in [1.29, 1.82) is 0 Å². The SMILES string of the molecule is C.NNC(=O)CCCCC1SCC2NC(=O)NC21.O=C(O)CN1CCCN(CC(=O)O)CCN(CC(=O)O)CC(Cc2ccc(N=C=S)cc2)CN(CC(=O)O)CC1.O=C(O)CN1CCCN(CC(=O)O)CCN(CC(=O)O)CC(Cc2ccc(NC(=S)NNC(=O)CCCCC3SCC4NC(=O)NC43)cc2)CN(CC(=O)O)CC1. The minimum absolute atomic E-state index is 0. The molecule has 0 radical (unpaired) electrons. The summed E-state index contributed by atoms with van der Waals surface area (Å²) in [6.45, 7) is 3.06. The third-order valence-electron chi connectivity index (χ3n) is 19.8. The van der Waals surface area contributed by atoms with E-state index < -0.39 is 47.8 Å². The molecule has 640 valence electrons. The predicted molar refractivity (Wildman–Crippen MR) is 438 cm³/mol. The number of unbranched alkanes of at least 4 members (excludes halogenated alkanes) is 2. The topological polar surface area (TPSA) is 527 Å². The number of thioether (sulfide) groups is 2. The first-order valence-electron chi connectivity index (χ1n) is 38.0. The van der Waals surface area contributed by atoms with Gasteiger partial charge in [-0.3, -0.25) is 103 Å². The average molecular weight is 1690 g/mol. The molecule has 0 saturated carbocycles. The smallest absolute Gasteiger partial charge is 0.317 e. The number of nitrogens with zero attached hydrogens (tertiary/aromatic N) is 9. The zero-order valence-electron chi connectivity index (χ0n) is 63.8. The quantitative estimate of drug-likeness (QED) is 0.00912. The van der Waals surface area contributed by atoms with Crippen LogP contribution in [0, 0.1) is 11.8 Å². The summed E-state index contributed by atoms with van der Waals surface area (Å²) in [6, 6.07) is 15.4. The molecule has 0 aliphatic carbocycles. The predicted octanol–water partition coefficient (Wildman–Crippen LogP) is 0.707. The Morgan fingerprint density at radius 3 is 1.10 bits per heavy atom. The number of benzene rings is 2. The summed E-state index contributed by atoms with van der Waals surface area (Å²) in [7, 11) is 0. The number of anilines is 1. The number of fused-ring (bicyclic) bond motifs is 2. The van der Waals surface area contributed by atoms with Gasteiger partial charge in [0.1, 0.15) is 0 Å². The molecular formula is C73H114N18O20S4. The molecule has 2 aromatic carbocycles. The summed E-state index contributed by atoms with van der Waals surface area (Å²) in [6.07, 6.45) is 8.08. The van der Waals surface area contributed by atoms with Gasteiger partial charge in [-0.1, -0.05) is 44.5 Å². The molecule has 6 amide bonds. The van der Waals surface area contributed by atoms with Gasteiger partial charge in [0.2, 0.25) is 11.8 Å². The number of amides is 6. The Balaban J connectivity index is 0.000000350. The molecule has 6 atom stereocenters. The van der Waals surface area contributed by atoms with Gasteiger partial charge in [-0.15, -0.1) is 0 Å². The maximum atomic E-state index is 12.4. The van der Waals surface area contributed by atoms with E-state index in [9.17, 15) is 98.4 Å². The highest BCUT2D eigenvalue weighted by atomic mass is 32.2. The third-order valence-corrected chi connectivity index (χ3v) is 23.1. The molecule has 115 heavy (non-hydrogen) atoms. The minimum Gasteiger partial charge on any atom is -0.480 e. The number of carboxylic acids is 8. The van der Waals surface area contributed by atoms with Gasteiger partial charge in [0.05, 0.1) is 87.4 Å². The van der Waals surface area contributed by atoms with Crippen LogP contribution in [0.5, 0.6) is 0 Å². The summed E-state index contributed by atoms with van der Waals surface area (Å²) < 4.78 is 0. The van der Waals surface area contributed by atoms with Gasteiger partial charge in [0, 0.05) is 145 Å². The molecule has 0 aromatic heterocycles. The van der Waals surface area contributed by atoms with Crippen LogP contribution in [0.15, 0.2) is 53.5 Å². The van der Waals surface area contributed by atoms with Crippen LogP contribution in [0.3, 0.4) is 0 Å². The number of carbonyl (C=O) groups is 12. The molecule has 6 aliphatic heterocycles. The second-order valence-corrected chi connectivity index (χ2v) is 32.2. The largest absolute Gasteiger partial charge is 0.480 e. The Morgan fingerprint density at radius 1 is 0.452 bits per heavy atom. The highest BCUT2D eigenvalue weighted by Crippen LogP contribution is 2.35. The number of thiocarbonyl (C=S) groups is 2. The molecule has 6 saturated heterocycles. The van der Waals surface area contributed by atoms with Crippen molar-refractivity contribution >= 4 is 141 Å². The number of hydrogen-bond donors (Lipinski definition) is 17. The monoisotopic (exact) mass is 1690 g/mol. The summed E-state index contributed by atoms with van der Waals surface area (Å²) >= 11 is 13.8. The van der Waals surface area contributed by atoms with Crippen LogP contribution in [-0.4, -0.2) is 365 Å². The lowest BCUT2D eigenvalue weighted by Crippen LogP contribution is -2.47. The van der Waals surface area contributed by atoms with Crippen molar-refractivity contribution in [1.82, 2.24) is 76.7 Å². The van der Waals surface area contributed by atoms with Gasteiger partial charge in [-0.2, -0.15) is 28.5 Å². The lowest BCUT2D eigenvalue weighted by molar-refractivity contribution is -0.141. The lowest BCUT2D eigenvalue weighted by atomic mass is 9.97. The number of aliphatic carboxylic acids is 8. The van der Waals surface area contributed by atoms with Gasteiger partial charge in [-0.25, -0.2) is 15.4 Å².